The van der Waals surface area contributed by atoms with Crippen LogP contribution in [0.4, 0.5) is 5.69 Å². The number of anilines is 1. The van der Waals surface area contributed by atoms with Gasteiger partial charge in [-0.15, -0.1) is 0 Å². The lowest BCUT2D eigenvalue weighted by atomic mass is 10.2. The van der Waals surface area contributed by atoms with Crippen molar-refractivity contribution in [2.24, 2.45) is 0 Å². The van der Waals surface area contributed by atoms with Crippen molar-refractivity contribution >= 4 is 44.6 Å². The molecule has 2 fully saturated rings. The highest BCUT2D eigenvalue weighted by atomic mass is 35.5. The van der Waals surface area contributed by atoms with Crippen LogP contribution in [-0.4, -0.2) is 68.2 Å². The third-order valence-corrected chi connectivity index (χ3v) is 8.09. The second kappa shape index (κ2) is 10.5. The molecule has 2 heterocycles. The molecule has 0 aliphatic carbocycles. The molecule has 2 aliphatic rings. The van der Waals surface area contributed by atoms with Gasteiger partial charge < -0.3 is 15.4 Å². The molecule has 0 saturated carbocycles. The highest BCUT2D eigenvalue weighted by molar-refractivity contribution is 7.89. The fraction of sp³-hybridized carbons (Fsp3) is 0.409. The first kappa shape index (κ1) is 23.4. The first-order valence-electron chi connectivity index (χ1n) is 10.6. The normalized spacial score (nSPS) is 20.2. The molecule has 0 unspecified atom stereocenters. The number of ether oxygens (including phenoxy) is 1. The maximum atomic E-state index is 12.9. The van der Waals surface area contributed by atoms with Crippen molar-refractivity contribution in [1.29, 1.82) is 0 Å². The van der Waals surface area contributed by atoms with Crippen molar-refractivity contribution < 1.29 is 13.2 Å². The van der Waals surface area contributed by atoms with Crippen LogP contribution >= 0.6 is 23.8 Å². The van der Waals surface area contributed by atoms with Crippen LogP contribution in [0, 0.1) is 0 Å². The fourth-order valence-electron chi connectivity index (χ4n) is 3.98. The second-order valence-electron chi connectivity index (χ2n) is 7.96. The lowest BCUT2D eigenvalue weighted by Gasteiger charge is -2.26. The van der Waals surface area contributed by atoms with Crippen LogP contribution < -0.4 is 10.6 Å². The van der Waals surface area contributed by atoms with Gasteiger partial charge in [0.15, 0.2) is 5.11 Å². The van der Waals surface area contributed by atoms with E-state index in [1.807, 2.05) is 6.07 Å². The minimum absolute atomic E-state index is 0.184. The third-order valence-electron chi connectivity index (χ3n) is 5.65. The number of morpholine rings is 1. The molecule has 0 spiro atoms. The van der Waals surface area contributed by atoms with Gasteiger partial charge in [-0.1, -0.05) is 41.9 Å². The number of sulfonamides is 1. The smallest absolute Gasteiger partial charge is 0.243 e. The first-order chi connectivity index (χ1) is 15.4. The predicted molar refractivity (Wildman–Crippen MR) is 131 cm³/mol. The molecule has 2 N–H and O–H groups in total. The van der Waals surface area contributed by atoms with E-state index in [2.05, 4.69) is 39.8 Å². The van der Waals surface area contributed by atoms with Crippen LogP contribution in [-0.2, 0) is 21.3 Å². The molecule has 10 heteroatoms. The summed E-state index contributed by atoms with van der Waals surface area (Å²) in [5, 5.41) is 7.25. The predicted octanol–water partition coefficient (Wildman–Crippen LogP) is 2.92. The van der Waals surface area contributed by atoms with Crippen molar-refractivity contribution in [3.63, 3.8) is 0 Å². The molecule has 172 valence electrons. The van der Waals surface area contributed by atoms with Crippen LogP contribution in [0.3, 0.4) is 0 Å². The summed E-state index contributed by atoms with van der Waals surface area (Å²) < 4.78 is 32.6. The standard InChI is InChI=1S/C22H27ClN4O3S2/c23-20-7-6-19(32(28,29)27-10-12-30-13-11-27)14-21(20)25-22(31)24-18-8-9-26(16-18)15-17-4-2-1-3-5-17/h1-7,14,18H,8-13,15-16H2,(H2,24,25,31)/t18-/m0/s1. The zero-order chi connectivity index (χ0) is 22.6. The monoisotopic (exact) mass is 494 g/mol. The number of benzene rings is 2. The number of hydrogen-bond acceptors (Lipinski definition) is 5. The van der Waals surface area contributed by atoms with Gasteiger partial charge in [0.1, 0.15) is 0 Å². The van der Waals surface area contributed by atoms with Crippen molar-refractivity contribution in [2.45, 2.75) is 23.9 Å². The van der Waals surface area contributed by atoms with Gasteiger partial charge in [0, 0.05) is 38.8 Å². The maximum Gasteiger partial charge on any atom is 0.243 e. The summed E-state index contributed by atoms with van der Waals surface area (Å²) >= 11 is 11.8. The summed E-state index contributed by atoms with van der Waals surface area (Å²) in [7, 11) is -3.61. The second-order valence-corrected chi connectivity index (χ2v) is 10.7. The third kappa shape index (κ3) is 5.78. The van der Waals surface area contributed by atoms with E-state index in [1.165, 1.54) is 22.0 Å². The van der Waals surface area contributed by atoms with Crippen LogP contribution in [0.15, 0.2) is 53.4 Å². The number of halogens is 1. The Balaban J connectivity index is 1.35. The zero-order valence-corrected chi connectivity index (χ0v) is 20.1. The summed E-state index contributed by atoms with van der Waals surface area (Å²) in [5.41, 5.74) is 1.76. The minimum atomic E-state index is -3.61. The summed E-state index contributed by atoms with van der Waals surface area (Å²) in [6.07, 6.45) is 0.980. The Morgan fingerprint density at radius 1 is 1.12 bits per heavy atom. The molecule has 0 bridgehead atoms. The molecule has 4 rings (SSSR count). The Labute approximate surface area is 199 Å². The molecule has 1 atom stereocenters. The van der Waals surface area contributed by atoms with Gasteiger partial charge in [-0.3, -0.25) is 4.90 Å². The van der Waals surface area contributed by atoms with Crippen LogP contribution in [0.1, 0.15) is 12.0 Å². The molecule has 2 aromatic carbocycles. The lowest BCUT2D eigenvalue weighted by molar-refractivity contribution is 0.0730. The van der Waals surface area contributed by atoms with Gasteiger partial charge in [-0.2, -0.15) is 4.31 Å². The fourth-order valence-corrected chi connectivity index (χ4v) is 5.85. The van der Waals surface area contributed by atoms with E-state index in [0.717, 1.165) is 26.1 Å². The molecule has 0 amide bonds. The molecule has 0 aromatic heterocycles. The van der Waals surface area contributed by atoms with Gasteiger partial charge in [0.25, 0.3) is 0 Å². The van der Waals surface area contributed by atoms with E-state index in [1.54, 1.807) is 6.07 Å². The maximum absolute atomic E-state index is 12.9. The summed E-state index contributed by atoms with van der Waals surface area (Å²) in [5.74, 6) is 0. The number of hydrogen-bond donors (Lipinski definition) is 2. The van der Waals surface area contributed by atoms with Crippen LogP contribution in [0.25, 0.3) is 0 Å². The van der Waals surface area contributed by atoms with Crippen molar-refractivity contribution in [2.75, 3.05) is 44.7 Å². The average molecular weight is 495 g/mol. The van der Waals surface area contributed by atoms with Crippen molar-refractivity contribution in [3.8, 4) is 0 Å². The van der Waals surface area contributed by atoms with E-state index in [0.29, 0.717) is 42.1 Å². The average Bonchev–Trinajstić information content (AvgIpc) is 3.23. The topological polar surface area (TPSA) is 73.9 Å². The van der Waals surface area contributed by atoms with Gasteiger partial charge in [-0.25, -0.2) is 8.42 Å². The van der Waals surface area contributed by atoms with Gasteiger partial charge in [0.05, 0.1) is 28.8 Å². The van der Waals surface area contributed by atoms with E-state index in [4.69, 9.17) is 28.6 Å². The summed E-state index contributed by atoms with van der Waals surface area (Å²) in [4.78, 5) is 2.57. The van der Waals surface area contributed by atoms with Crippen molar-refractivity contribution in [3.05, 3.63) is 59.1 Å². The lowest BCUT2D eigenvalue weighted by Crippen LogP contribution is -2.40. The molecular formula is C22H27ClN4O3S2. The summed E-state index contributed by atoms with van der Waals surface area (Å²) in [6, 6.07) is 15.3. The van der Waals surface area contributed by atoms with E-state index < -0.39 is 10.0 Å². The number of rotatable bonds is 6. The zero-order valence-electron chi connectivity index (χ0n) is 17.7. The highest BCUT2D eigenvalue weighted by Gasteiger charge is 2.27. The molecule has 32 heavy (non-hydrogen) atoms. The highest BCUT2D eigenvalue weighted by Crippen LogP contribution is 2.27. The van der Waals surface area contributed by atoms with Gasteiger partial charge in [0.2, 0.25) is 10.0 Å². The van der Waals surface area contributed by atoms with E-state index in [-0.39, 0.29) is 10.9 Å². The Bertz CT molecular complexity index is 1050. The SMILES string of the molecule is O=S(=O)(c1ccc(Cl)c(NC(=S)N[C@H]2CCN(Cc3ccccc3)C2)c1)N1CCOCC1. The first-order valence-corrected chi connectivity index (χ1v) is 12.9. The minimum Gasteiger partial charge on any atom is -0.379 e. The summed E-state index contributed by atoms with van der Waals surface area (Å²) in [6.45, 7) is 4.26. The molecule has 7 nitrogen and oxygen atoms in total. The number of nitrogens with zero attached hydrogens (tertiary/aromatic N) is 2. The Hall–Kier alpha value is -1.75. The Kier molecular flexibility index (Phi) is 7.65. The number of thiocarbonyl (C=S) groups is 1. The van der Waals surface area contributed by atoms with Crippen molar-refractivity contribution in [1.82, 2.24) is 14.5 Å². The molecule has 2 aliphatic heterocycles. The number of nitrogens with one attached hydrogen (secondary N) is 2. The molecule has 0 radical (unpaired) electrons. The van der Waals surface area contributed by atoms with Gasteiger partial charge in [-0.05, 0) is 42.4 Å². The molecule has 2 aromatic rings. The quantitative estimate of drug-likeness (QED) is 0.598. The number of likely N-dealkylation sites (tertiary alicyclic amines) is 1. The van der Waals surface area contributed by atoms with Crippen LogP contribution in [0.5, 0.6) is 0 Å². The van der Waals surface area contributed by atoms with Gasteiger partial charge >= 0.3 is 0 Å². The largest absolute Gasteiger partial charge is 0.379 e. The van der Waals surface area contributed by atoms with E-state index >= 15 is 0 Å². The van der Waals surface area contributed by atoms with E-state index in [9.17, 15) is 8.42 Å². The Morgan fingerprint density at radius 3 is 2.62 bits per heavy atom. The van der Waals surface area contributed by atoms with Crippen LogP contribution in [0.2, 0.25) is 5.02 Å². The Morgan fingerprint density at radius 2 is 1.88 bits per heavy atom. The molecule has 2 saturated heterocycles. The molecular weight excluding hydrogens is 468 g/mol.